The van der Waals surface area contributed by atoms with Crippen molar-refractivity contribution < 1.29 is 4.79 Å². The number of Topliss-reactive ketones (excluding diaryl/α,β-unsaturated/α-hetero) is 1. The van der Waals surface area contributed by atoms with E-state index in [1.165, 1.54) is 32.1 Å². The second-order valence-electron chi connectivity index (χ2n) is 4.27. The predicted molar refractivity (Wildman–Crippen MR) is 67.5 cm³/mol. The van der Waals surface area contributed by atoms with Gasteiger partial charge in [0, 0.05) is 17.4 Å². The monoisotopic (exact) mass is 286 g/mol. The van der Waals surface area contributed by atoms with Gasteiger partial charge in [-0.1, -0.05) is 32.1 Å². The van der Waals surface area contributed by atoms with Gasteiger partial charge in [0.05, 0.1) is 3.79 Å². The number of rotatable bonds is 3. The van der Waals surface area contributed by atoms with Crippen molar-refractivity contribution in [3.8, 4) is 0 Å². The summed E-state index contributed by atoms with van der Waals surface area (Å²) in [6, 6.07) is 1.94. The van der Waals surface area contributed by atoms with E-state index in [9.17, 15) is 4.79 Å². The maximum absolute atomic E-state index is 11.9. The normalized spacial score (nSPS) is 17.9. The van der Waals surface area contributed by atoms with E-state index in [-0.39, 0.29) is 0 Å². The van der Waals surface area contributed by atoms with Gasteiger partial charge in [0.1, 0.15) is 0 Å². The molecule has 0 unspecified atom stereocenters. The molecule has 1 aromatic heterocycles. The number of halogens is 1. The molecule has 0 N–H and O–H groups in total. The minimum absolute atomic E-state index is 0.323. The van der Waals surface area contributed by atoms with Crippen molar-refractivity contribution in [3.05, 3.63) is 20.8 Å². The summed E-state index contributed by atoms with van der Waals surface area (Å²) >= 11 is 4.98. The minimum atomic E-state index is 0.323. The fourth-order valence-corrected chi connectivity index (χ4v) is 3.39. The standard InChI is InChI=1S/C12H15BrOS/c13-12-7-10(8-15-12)11(14)6-9-4-2-1-3-5-9/h7-9H,1-6H2. The van der Waals surface area contributed by atoms with Crippen LogP contribution in [0.5, 0.6) is 0 Å². The van der Waals surface area contributed by atoms with Gasteiger partial charge in [-0.3, -0.25) is 4.79 Å². The predicted octanol–water partition coefficient (Wildman–Crippen LogP) is 4.66. The lowest BCUT2D eigenvalue weighted by Gasteiger charge is -2.20. The molecule has 0 radical (unpaired) electrons. The maximum Gasteiger partial charge on any atom is 0.164 e. The highest BCUT2D eigenvalue weighted by Gasteiger charge is 2.18. The van der Waals surface area contributed by atoms with Gasteiger partial charge in [-0.15, -0.1) is 11.3 Å². The Balaban J connectivity index is 1.91. The molecule has 1 heterocycles. The number of thiophene rings is 1. The molecule has 82 valence electrons. The SMILES string of the molecule is O=C(CC1CCCCC1)c1csc(Br)c1. The van der Waals surface area contributed by atoms with Gasteiger partial charge in [0.15, 0.2) is 5.78 Å². The summed E-state index contributed by atoms with van der Waals surface area (Å²) in [4.78, 5) is 11.9. The number of hydrogen-bond acceptors (Lipinski definition) is 2. The summed E-state index contributed by atoms with van der Waals surface area (Å²) < 4.78 is 1.05. The summed E-state index contributed by atoms with van der Waals surface area (Å²) in [5.41, 5.74) is 0.887. The van der Waals surface area contributed by atoms with Gasteiger partial charge in [-0.2, -0.15) is 0 Å². The third-order valence-corrected chi connectivity index (χ3v) is 4.59. The molecule has 1 saturated carbocycles. The zero-order valence-corrected chi connectivity index (χ0v) is 11.1. The first-order chi connectivity index (χ1) is 7.25. The number of hydrogen-bond donors (Lipinski definition) is 0. The summed E-state index contributed by atoms with van der Waals surface area (Å²) in [5, 5.41) is 1.95. The largest absolute Gasteiger partial charge is 0.294 e. The molecule has 1 aromatic rings. The highest BCUT2D eigenvalue weighted by molar-refractivity contribution is 9.11. The molecule has 0 amide bonds. The third kappa shape index (κ3) is 3.15. The van der Waals surface area contributed by atoms with Crippen LogP contribution in [0.2, 0.25) is 0 Å². The summed E-state index contributed by atoms with van der Waals surface area (Å²) in [6.07, 6.45) is 7.22. The highest BCUT2D eigenvalue weighted by atomic mass is 79.9. The molecule has 1 fully saturated rings. The van der Waals surface area contributed by atoms with Crippen molar-refractivity contribution >= 4 is 33.0 Å². The van der Waals surface area contributed by atoms with E-state index in [1.54, 1.807) is 11.3 Å². The zero-order chi connectivity index (χ0) is 10.7. The molecule has 0 aliphatic heterocycles. The van der Waals surface area contributed by atoms with Crippen LogP contribution in [0.4, 0.5) is 0 Å². The first-order valence-electron chi connectivity index (χ1n) is 5.53. The molecule has 0 aromatic carbocycles. The molecular formula is C12H15BrOS. The first kappa shape index (κ1) is 11.3. The molecule has 1 aliphatic rings. The Morgan fingerprint density at radius 1 is 1.40 bits per heavy atom. The summed E-state index contributed by atoms with van der Waals surface area (Å²) in [7, 11) is 0. The van der Waals surface area contributed by atoms with Crippen molar-refractivity contribution in [3.63, 3.8) is 0 Å². The Bertz CT molecular complexity index is 339. The molecule has 0 atom stereocenters. The molecule has 0 saturated heterocycles. The lowest BCUT2D eigenvalue weighted by molar-refractivity contribution is 0.0950. The number of carbonyl (C=O) groups excluding carboxylic acids is 1. The third-order valence-electron chi connectivity index (χ3n) is 3.09. The average Bonchev–Trinajstić information content (AvgIpc) is 2.66. The van der Waals surface area contributed by atoms with Crippen LogP contribution in [0.25, 0.3) is 0 Å². The fraction of sp³-hybridized carbons (Fsp3) is 0.583. The number of ketones is 1. The van der Waals surface area contributed by atoms with E-state index >= 15 is 0 Å². The van der Waals surface area contributed by atoms with Gasteiger partial charge < -0.3 is 0 Å². The van der Waals surface area contributed by atoms with Gasteiger partial charge in [0.25, 0.3) is 0 Å². The Hall–Kier alpha value is -0.150. The minimum Gasteiger partial charge on any atom is -0.294 e. The smallest absolute Gasteiger partial charge is 0.164 e. The zero-order valence-electron chi connectivity index (χ0n) is 8.67. The van der Waals surface area contributed by atoms with Gasteiger partial charge >= 0.3 is 0 Å². The van der Waals surface area contributed by atoms with Crippen LogP contribution in [-0.4, -0.2) is 5.78 Å². The van der Waals surface area contributed by atoms with Crippen LogP contribution >= 0.6 is 27.3 Å². The summed E-state index contributed by atoms with van der Waals surface area (Å²) in [5.74, 6) is 0.966. The van der Waals surface area contributed by atoms with Gasteiger partial charge in [-0.05, 0) is 27.9 Å². The molecule has 0 spiro atoms. The lowest BCUT2D eigenvalue weighted by Crippen LogP contribution is -2.11. The van der Waals surface area contributed by atoms with Crippen LogP contribution < -0.4 is 0 Å². The second-order valence-corrected chi connectivity index (χ2v) is 6.56. The molecular weight excluding hydrogens is 272 g/mol. The molecule has 1 aliphatic carbocycles. The molecule has 0 bridgehead atoms. The van der Waals surface area contributed by atoms with E-state index in [0.717, 1.165) is 15.8 Å². The van der Waals surface area contributed by atoms with Gasteiger partial charge in [-0.25, -0.2) is 0 Å². The van der Waals surface area contributed by atoms with E-state index < -0.39 is 0 Å². The second kappa shape index (κ2) is 5.26. The van der Waals surface area contributed by atoms with E-state index in [2.05, 4.69) is 15.9 Å². The van der Waals surface area contributed by atoms with E-state index in [0.29, 0.717) is 11.7 Å². The van der Waals surface area contributed by atoms with Crippen LogP contribution in [-0.2, 0) is 0 Å². The average molecular weight is 287 g/mol. The topological polar surface area (TPSA) is 17.1 Å². The lowest BCUT2D eigenvalue weighted by atomic mass is 9.85. The van der Waals surface area contributed by atoms with E-state index in [4.69, 9.17) is 0 Å². The van der Waals surface area contributed by atoms with Crippen molar-refractivity contribution in [2.24, 2.45) is 5.92 Å². The highest BCUT2D eigenvalue weighted by Crippen LogP contribution is 2.29. The number of carbonyl (C=O) groups is 1. The fourth-order valence-electron chi connectivity index (χ4n) is 2.23. The Kier molecular flexibility index (Phi) is 3.98. The Morgan fingerprint density at radius 3 is 2.73 bits per heavy atom. The molecule has 1 nitrogen and oxygen atoms in total. The maximum atomic E-state index is 11.9. The van der Waals surface area contributed by atoms with Crippen molar-refractivity contribution in [1.82, 2.24) is 0 Å². The quantitative estimate of drug-likeness (QED) is 0.739. The van der Waals surface area contributed by atoms with E-state index in [1.807, 2.05) is 11.4 Å². The molecule has 3 heteroatoms. The molecule has 15 heavy (non-hydrogen) atoms. The summed E-state index contributed by atoms with van der Waals surface area (Å²) in [6.45, 7) is 0. The van der Waals surface area contributed by atoms with Crippen molar-refractivity contribution in [1.29, 1.82) is 0 Å². The van der Waals surface area contributed by atoms with Gasteiger partial charge in [0.2, 0.25) is 0 Å². The van der Waals surface area contributed by atoms with Crippen LogP contribution in [0, 0.1) is 5.92 Å². The van der Waals surface area contributed by atoms with Crippen LogP contribution in [0.3, 0.4) is 0 Å². The van der Waals surface area contributed by atoms with Crippen molar-refractivity contribution in [2.75, 3.05) is 0 Å². The Labute approximate surface area is 103 Å². The van der Waals surface area contributed by atoms with Crippen LogP contribution in [0.1, 0.15) is 48.9 Å². The Morgan fingerprint density at radius 2 is 2.13 bits per heavy atom. The molecule has 2 rings (SSSR count). The first-order valence-corrected chi connectivity index (χ1v) is 7.20. The van der Waals surface area contributed by atoms with Crippen LogP contribution in [0.15, 0.2) is 15.2 Å². The van der Waals surface area contributed by atoms with Crippen molar-refractivity contribution in [2.45, 2.75) is 38.5 Å².